The van der Waals surface area contributed by atoms with E-state index in [0.29, 0.717) is 0 Å². The number of nitrogens with one attached hydrogen (secondary N) is 2. The summed E-state index contributed by atoms with van der Waals surface area (Å²) in [5, 5.41) is 6.78. The van der Waals surface area contributed by atoms with Gasteiger partial charge in [0.2, 0.25) is 0 Å². The van der Waals surface area contributed by atoms with Crippen LogP contribution < -0.4 is 10.6 Å². The van der Waals surface area contributed by atoms with Crippen molar-refractivity contribution in [2.75, 3.05) is 37.4 Å². The molecule has 0 atom stereocenters. The summed E-state index contributed by atoms with van der Waals surface area (Å²) in [6.45, 7) is 8.93. The van der Waals surface area contributed by atoms with Crippen molar-refractivity contribution < 1.29 is 4.74 Å². The van der Waals surface area contributed by atoms with Gasteiger partial charge in [-0.05, 0) is 26.2 Å². The van der Waals surface area contributed by atoms with Gasteiger partial charge in [0.25, 0.3) is 0 Å². The van der Waals surface area contributed by atoms with Gasteiger partial charge in [-0.2, -0.15) is 0 Å². The molecule has 1 aromatic rings. The van der Waals surface area contributed by atoms with Gasteiger partial charge in [-0.25, -0.2) is 9.97 Å². The van der Waals surface area contributed by atoms with Crippen molar-refractivity contribution in [1.82, 2.24) is 9.97 Å². The molecule has 0 aliphatic heterocycles. The van der Waals surface area contributed by atoms with E-state index in [-0.39, 0.29) is 0 Å². The standard InChI is InChI=1S/C15H28N4O/c1-5-8-13-18-14(16-9-6-2)12(3)15(19-13)17-10-7-11-20-4/h5-11H2,1-4H3,(H2,16,17,18,19). The third-order valence-electron chi connectivity index (χ3n) is 3.03. The molecule has 0 saturated heterocycles. The number of hydrogen-bond donors (Lipinski definition) is 2. The maximum atomic E-state index is 5.06. The van der Waals surface area contributed by atoms with Gasteiger partial charge in [0.1, 0.15) is 17.5 Å². The van der Waals surface area contributed by atoms with Gasteiger partial charge in [0.15, 0.2) is 0 Å². The molecule has 114 valence electrons. The summed E-state index contributed by atoms with van der Waals surface area (Å²) in [6, 6.07) is 0. The molecular formula is C15H28N4O. The van der Waals surface area contributed by atoms with Crippen LogP contribution >= 0.6 is 0 Å². The highest BCUT2D eigenvalue weighted by Gasteiger charge is 2.09. The van der Waals surface area contributed by atoms with E-state index in [1.165, 1.54) is 0 Å². The van der Waals surface area contributed by atoms with Crippen molar-refractivity contribution >= 4 is 11.6 Å². The predicted octanol–water partition coefficient (Wildman–Crippen LogP) is 3.01. The second-order valence-electron chi connectivity index (χ2n) is 4.91. The number of anilines is 2. The molecule has 1 aromatic heterocycles. The van der Waals surface area contributed by atoms with Crippen LogP contribution in [0.2, 0.25) is 0 Å². The van der Waals surface area contributed by atoms with Crippen LogP contribution in [-0.4, -0.2) is 36.8 Å². The Morgan fingerprint density at radius 3 is 2.20 bits per heavy atom. The fourth-order valence-corrected chi connectivity index (χ4v) is 1.91. The van der Waals surface area contributed by atoms with Gasteiger partial charge in [0.05, 0.1) is 0 Å². The maximum absolute atomic E-state index is 5.06. The highest BCUT2D eigenvalue weighted by Crippen LogP contribution is 2.20. The van der Waals surface area contributed by atoms with E-state index in [2.05, 4.69) is 41.4 Å². The lowest BCUT2D eigenvalue weighted by Crippen LogP contribution is -2.13. The summed E-state index contributed by atoms with van der Waals surface area (Å²) in [4.78, 5) is 9.24. The van der Waals surface area contributed by atoms with Crippen LogP contribution in [0.1, 0.15) is 44.5 Å². The Morgan fingerprint density at radius 2 is 1.65 bits per heavy atom. The Hall–Kier alpha value is -1.36. The molecule has 0 bridgehead atoms. The smallest absolute Gasteiger partial charge is 0.134 e. The molecule has 2 N–H and O–H groups in total. The minimum absolute atomic E-state index is 0.764. The zero-order valence-electron chi connectivity index (χ0n) is 13.3. The summed E-state index contributed by atoms with van der Waals surface area (Å²) in [5.41, 5.74) is 1.09. The number of ether oxygens (including phenoxy) is 1. The Balaban J connectivity index is 2.80. The van der Waals surface area contributed by atoms with Crippen LogP contribution in [0.4, 0.5) is 11.6 Å². The first kappa shape index (κ1) is 16.7. The Kier molecular flexibility index (Phi) is 7.95. The first-order chi connectivity index (χ1) is 9.72. The van der Waals surface area contributed by atoms with E-state index in [1.54, 1.807) is 7.11 Å². The van der Waals surface area contributed by atoms with E-state index < -0.39 is 0 Å². The molecular weight excluding hydrogens is 252 g/mol. The average molecular weight is 280 g/mol. The number of nitrogens with zero attached hydrogens (tertiary/aromatic N) is 2. The van der Waals surface area contributed by atoms with E-state index >= 15 is 0 Å². The molecule has 5 heteroatoms. The zero-order chi connectivity index (χ0) is 14.8. The van der Waals surface area contributed by atoms with Gasteiger partial charge in [0, 0.05) is 38.8 Å². The van der Waals surface area contributed by atoms with Crippen LogP contribution in [0.15, 0.2) is 0 Å². The van der Waals surface area contributed by atoms with Gasteiger partial charge in [-0.3, -0.25) is 0 Å². The molecule has 1 heterocycles. The fraction of sp³-hybridized carbons (Fsp3) is 0.733. The summed E-state index contributed by atoms with van der Waals surface area (Å²) < 4.78 is 5.06. The van der Waals surface area contributed by atoms with Gasteiger partial charge in [-0.15, -0.1) is 0 Å². The summed E-state index contributed by atoms with van der Waals surface area (Å²) in [5.74, 6) is 2.81. The van der Waals surface area contributed by atoms with Crippen molar-refractivity contribution in [1.29, 1.82) is 0 Å². The van der Waals surface area contributed by atoms with Crippen LogP contribution in [0.25, 0.3) is 0 Å². The quantitative estimate of drug-likeness (QED) is 0.645. The van der Waals surface area contributed by atoms with E-state index in [1.807, 2.05) is 0 Å². The summed E-state index contributed by atoms with van der Waals surface area (Å²) in [6.07, 6.45) is 4.02. The molecule has 0 aliphatic rings. The molecule has 1 rings (SSSR count). The third-order valence-corrected chi connectivity index (χ3v) is 3.03. The first-order valence-electron chi connectivity index (χ1n) is 7.57. The van der Waals surface area contributed by atoms with Crippen molar-refractivity contribution in [2.45, 2.75) is 46.5 Å². The number of aromatic nitrogens is 2. The van der Waals surface area contributed by atoms with Crippen molar-refractivity contribution in [3.8, 4) is 0 Å². The highest BCUT2D eigenvalue weighted by molar-refractivity contribution is 5.57. The Bertz CT molecular complexity index is 396. The maximum Gasteiger partial charge on any atom is 0.134 e. The third kappa shape index (κ3) is 5.33. The van der Waals surface area contributed by atoms with Gasteiger partial charge in [-0.1, -0.05) is 13.8 Å². The number of methoxy groups -OCH3 is 1. The monoisotopic (exact) mass is 280 g/mol. The fourth-order valence-electron chi connectivity index (χ4n) is 1.91. The van der Waals surface area contributed by atoms with Crippen molar-refractivity contribution in [3.05, 3.63) is 11.4 Å². The number of hydrogen-bond acceptors (Lipinski definition) is 5. The molecule has 20 heavy (non-hydrogen) atoms. The minimum Gasteiger partial charge on any atom is -0.385 e. The molecule has 0 saturated carbocycles. The highest BCUT2D eigenvalue weighted by atomic mass is 16.5. The topological polar surface area (TPSA) is 59.1 Å². The van der Waals surface area contributed by atoms with Gasteiger partial charge >= 0.3 is 0 Å². The lowest BCUT2D eigenvalue weighted by Gasteiger charge is -2.14. The number of aryl methyl sites for hydroxylation is 1. The predicted molar refractivity (Wildman–Crippen MR) is 84.5 cm³/mol. The molecule has 5 nitrogen and oxygen atoms in total. The zero-order valence-corrected chi connectivity index (χ0v) is 13.3. The minimum atomic E-state index is 0.764. The Labute approximate surface area is 122 Å². The second kappa shape index (κ2) is 9.53. The molecule has 0 amide bonds. The van der Waals surface area contributed by atoms with Crippen LogP contribution in [0.3, 0.4) is 0 Å². The SMILES string of the molecule is CCCNc1nc(CCC)nc(NCCCOC)c1C. The largest absolute Gasteiger partial charge is 0.385 e. The lowest BCUT2D eigenvalue weighted by molar-refractivity contribution is 0.197. The second-order valence-corrected chi connectivity index (χ2v) is 4.91. The lowest BCUT2D eigenvalue weighted by atomic mass is 10.2. The van der Waals surface area contributed by atoms with Crippen LogP contribution in [0.5, 0.6) is 0 Å². The normalized spacial score (nSPS) is 10.6. The summed E-state index contributed by atoms with van der Waals surface area (Å²) in [7, 11) is 1.72. The van der Waals surface area contributed by atoms with E-state index in [0.717, 1.165) is 68.4 Å². The molecule has 0 spiro atoms. The van der Waals surface area contributed by atoms with E-state index in [4.69, 9.17) is 4.74 Å². The Morgan fingerprint density at radius 1 is 1.00 bits per heavy atom. The number of rotatable bonds is 10. The van der Waals surface area contributed by atoms with Crippen molar-refractivity contribution in [2.24, 2.45) is 0 Å². The van der Waals surface area contributed by atoms with Crippen LogP contribution in [-0.2, 0) is 11.2 Å². The van der Waals surface area contributed by atoms with Crippen LogP contribution in [0, 0.1) is 6.92 Å². The molecule has 0 fully saturated rings. The molecule has 0 radical (unpaired) electrons. The molecule has 0 aromatic carbocycles. The summed E-state index contributed by atoms with van der Waals surface area (Å²) >= 11 is 0. The average Bonchev–Trinajstić information content (AvgIpc) is 2.45. The van der Waals surface area contributed by atoms with E-state index in [9.17, 15) is 0 Å². The first-order valence-corrected chi connectivity index (χ1v) is 7.57. The molecule has 0 unspecified atom stereocenters. The van der Waals surface area contributed by atoms with Gasteiger partial charge < -0.3 is 15.4 Å². The molecule has 0 aliphatic carbocycles. The van der Waals surface area contributed by atoms with Crippen molar-refractivity contribution in [3.63, 3.8) is 0 Å².